The molecule has 1 saturated carbocycles. The maximum atomic E-state index is 11.5. The van der Waals surface area contributed by atoms with Crippen LogP contribution in [0.2, 0.25) is 0 Å². The summed E-state index contributed by atoms with van der Waals surface area (Å²) in [6.07, 6.45) is 4.28. The maximum Gasteiger partial charge on any atom is 0.274 e. The third-order valence-electron chi connectivity index (χ3n) is 4.18. The highest BCUT2D eigenvalue weighted by molar-refractivity contribution is 6.64. The Bertz CT molecular complexity index is 564. The van der Waals surface area contributed by atoms with E-state index in [-0.39, 0.29) is 16.6 Å². The van der Waals surface area contributed by atoms with Crippen LogP contribution in [-0.2, 0) is 4.79 Å². The summed E-state index contributed by atoms with van der Waals surface area (Å²) in [6.45, 7) is 8.53. The standard InChI is InChI=1S/C13H13ClN4O/c1-15-10-6-11(17-8-16-10)18-5-2-9(12(14)19)13(7-18)3-4-13/h6,8-9H,2-5,7H2. The molecule has 0 radical (unpaired) electrons. The van der Waals surface area contributed by atoms with Gasteiger partial charge in [-0.3, -0.25) is 4.79 Å². The second kappa shape index (κ2) is 4.46. The Morgan fingerprint density at radius 2 is 2.32 bits per heavy atom. The summed E-state index contributed by atoms with van der Waals surface area (Å²) in [6, 6.07) is 1.70. The summed E-state index contributed by atoms with van der Waals surface area (Å²) in [5.74, 6) is 1.10. The molecule has 0 N–H and O–H groups in total. The number of hydrogen-bond donors (Lipinski definition) is 0. The van der Waals surface area contributed by atoms with Gasteiger partial charge in [-0.05, 0) is 36.3 Å². The van der Waals surface area contributed by atoms with Crippen molar-refractivity contribution in [3.63, 3.8) is 0 Å². The molecule has 0 amide bonds. The minimum Gasteiger partial charge on any atom is -0.360 e. The Labute approximate surface area is 116 Å². The number of hydrogen-bond acceptors (Lipinski definition) is 4. The summed E-state index contributed by atoms with van der Waals surface area (Å²) >= 11 is 5.70. The second-order valence-electron chi connectivity index (χ2n) is 5.28. The number of rotatable bonds is 2. The summed E-state index contributed by atoms with van der Waals surface area (Å²) in [7, 11) is 0. The van der Waals surface area contributed by atoms with Crippen molar-refractivity contribution in [2.75, 3.05) is 18.0 Å². The number of anilines is 1. The van der Waals surface area contributed by atoms with Gasteiger partial charge in [-0.25, -0.2) is 0 Å². The van der Waals surface area contributed by atoms with Gasteiger partial charge in [0, 0.05) is 25.1 Å². The molecular formula is C13H13ClN4O. The number of piperidine rings is 1. The van der Waals surface area contributed by atoms with Crippen LogP contribution in [0.5, 0.6) is 0 Å². The largest absolute Gasteiger partial charge is 0.360 e. The zero-order valence-corrected chi connectivity index (χ0v) is 11.1. The van der Waals surface area contributed by atoms with Crippen LogP contribution in [0.15, 0.2) is 12.4 Å². The SMILES string of the molecule is [C-]#[N+]c1cc(N2CCC(C(=O)Cl)C3(CC3)C2)ncn1. The molecule has 0 bridgehead atoms. The lowest BCUT2D eigenvalue weighted by Crippen LogP contribution is -2.44. The van der Waals surface area contributed by atoms with E-state index >= 15 is 0 Å². The Kier molecular flexibility index (Phi) is 2.90. The first-order valence-electron chi connectivity index (χ1n) is 6.28. The lowest BCUT2D eigenvalue weighted by molar-refractivity contribution is -0.117. The lowest BCUT2D eigenvalue weighted by atomic mass is 9.83. The van der Waals surface area contributed by atoms with Gasteiger partial charge in [-0.2, -0.15) is 4.98 Å². The van der Waals surface area contributed by atoms with Crippen molar-refractivity contribution >= 4 is 28.5 Å². The molecule has 1 aliphatic heterocycles. The van der Waals surface area contributed by atoms with Crippen molar-refractivity contribution in [2.24, 2.45) is 11.3 Å². The van der Waals surface area contributed by atoms with Gasteiger partial charge >= 0.3 is 0 Å². The molecule has 1 unspecified atom stereocenters. The fraction of sp³-hybridized carbons (Fsp3) is 0.538. The number of carbonyl (C=O) groups excluding carboxylic acids is 1. The van der Waals surface area contributed by atoms with Crippen LogP contribution in [-0.4, -0.2) is 28.3 Å². The van der Waals surface area contributed by atoms with E-state index in [2.05, 4.69) is 19.7 Å². The van der Waals surface area contributed by atoms with E-state index in [1.807, 2.05) is 0 Å². The molecule has 1 atom stereocenters. The van der Waals surface area contributed by atoms with Crippen LogP contribution in [0.4, 0.5) is 11.6 Å². The van der Waals surface area contributed by atoms with Crippen molar-refractivity contribution in [1.29, 1.82) is 0 Å². The normalized spacial score (nSPS) is 24.0. The first-order chi connectivity index (χ1) is 9.14. The summed E-state index contributed by atoms with van der Waals surface area (Å²) < 4.78 is 0. The summed E-state index contributed by atoms with van der Waals surface area (Å²) in [5.41, 5.74) is 0.0420. The highest BCUT2D eigenvalue weighted by Crippen LogP contribution is 2.56. The molecule has 0 aromatic carbocycles. The predicted octanol–water partition coefficient (Wildman–Crippen LogP) is 2.40. The van der Waals surface area contributed by atoms with Gasteiger partial charge < -0.3 is 9.74 Å². The molecule has 98 valence electrons. The molecule has 2 heterocycles. The topological polar surface area (TPSA) is 50.5 Å². The van der Waals surface area contributed by atoms with E-state index in [0.717, 1.165) is 38.2 Å². The quantitative estimate of drug-likeness (QED) is 0.615. The molecule has 1 aromatic rings. The molecule has 1 spiro atoms. The van der Waals surface area contributed by atoms with Crippen molar-refractivity contribution in [2.45, 2.75) is 19.3 Å². The van der Waals surface area contributed by atoms with Crippen LogP contribution in [0, 0.1) is 17.9 Å². The predicted molar refractivity (Wildman–Crippen MR) is 71.1 cm³/mol. The molecule has 1 saturated heterocycles. The van der Waals surface area contributed by atoms with Crippen molar-refractivity contribution in [1.82, 2.24) is 9.97 Å². The zero-order valence-electron chi connectivity index (χ0n) is 10.3. The Morgan fingerprint density at radius 1 is 1.53 bits per heavy atom. The number of halogens is 1. The van der Waals surface area contributed by atoms with Gasteiger partial charge in [0.15, 0.2) is 0 Å². The van der Waals surface area contributed by atoms with E-state index in [0.29, 0.717) is 5.82 Å². The van der Waals surface area contributed by atoms with Gasteiger partial charge in [-0.1, -0.05) is 6.57 Å². The third-order valence-corrected chi connectivity index (χ3v) is 4.44. The molecule has 1 aromatic heterocycles. The van der Waals surface area contributed by atoms with Crippen molar-refractivity contribution in [3.8, 4) is 0 Å². The Balaban J connectivity index is 1.82. The Morgan fingerprint density at radius 3 is 2.95 bits per heavy atom. The highest BCUT2D eigenvalue weighted by atomic mass is 35.5. The molecular weight excluding hydrogens is 264 g/mol. The zero-order chi connectivity index (χ0) is 13.5. The average Bonchev–Trinajstić information content (AvgIpc) is 3.18. The lowest BCUT2D eigenvalue weighted by Gasteiger charge is -2.38. The van der Waals surface area contributed by atoms with E-state index in [4.69, 9.17) is 18.2 Å². The third kappa shape index (κ3) is 2.17. The second-order valence-corrected chi connectivity index (χ2v) is 5.65. The first-order valence-corrected chi connectivity index (χ1v) is 6.66. The Hall–Kier alpha value is -1.67. The molecule has 1 aliphatic carbocycles. The monoisotopic (exact) mass is 276 g/mol. The minimum absolute atomic E-state index is 0.0208. The van der Waals surface area contributed by atoms with E-state index < -0.39 is 0 Å². The van der Waals surface area contributed by atoms with Gasteiger partial charge in [-0.15, -0.1) is 4.98 Å². The van der Waals surface area contributed by atoms with Crippen LogP contribution in [0.1, 0.15) is 19.3 Å². The minimum atomic E-state index is -0.207. The van der Waals surface area contributed by atoms with Crippen LogP contribution < -0.4 is 4.90 Å². The molecule has 3 rings (SSSR count). The van der Waals surface area contributed by atoms with Crippen LogP contribution >= 0.6 is 11.6 Å². The van der Waals surface area contributed by atoms with Crippen LogP contribution in [0.3, 0.4) is 0 Å². The van der Waals surface area contributed by atoms with E-state index in [1.54, 1.807) is 6.07 Å². The van der Waals surface area contributed by atoms with Crippen LogP contribution in [0.25, 0.3) is 4.85 Å². The molecule has 2 aliphatic rings. The number of nitrogens with zero attached hydrogens (tertiary/aromatic N) is 4. The number of carbonyl (C=O) groups is 1. The molecule has 6 heteroatoms. The molecule has 5 nitrogen and oxygen atoms in total. The first kappa shape index (κ1) is 12.4. The summed E-state index contributed by atoms with van der Waals surface area (Å²) in [5, 5.41) is -0.207. The van der Waals surface area contributed by atoms with Crippen molar-refractivity contribution < 1.29 is 4.79 Å². The maximum absolute atomic E-state index is 11.5. The number of aromatic nitrogens is 2. The van der Waals surface area contributed by atoms with E-state index in [9.17, 15) is 4.79 Å². The van der Waals surface area contributed by atoms with Gasteiger partial charge in [0.1, 0.15) is 5.82 Å². The van der Waals surface area contributed by atoms with Gasteiger partial charge in [0.2, 0.25) is 11.6 Å². The average molecular weight is 277 g/mol. The highest BCUT2D eigenvalue weighted by Gasteiger charge is 2.54. The fourth-order valence-electron chi connectivity index (χ4n) is 2.95. The van der Waals surface area contributed by atoms with Gasteiger partial charge in [0.25, 0.3) is 5.82 Å². The summed E-state index contributed by atoms with van der Waals surface area (Å²) in [4.78, 5) is 25.0. The van der Waals surface area contributed by atoms with E-state index in [1.165, 1.54) is 6.33 Å². The molecule has 19 heavy (non-hydrogen) atoms. The smallest absolute Gasteiger partial charge is 0.274 e. The molecule has 2 fully saturated rings. The fourth-order valence-corrected chi connectivity index (χ4v) is 3.29. The van der Waals surface area contributed by atoms with Crippen molar-refractivity contribution in [3.05, 3.63) is 23.8 Å². The van der Waals surface area contributed by atoms with Gasteiger partial charge in [0.05, 0.1) is 0 Å².